The molecule has 3 aromatic rings. The first-order valence-electron chi connectivity index (χ1n) is 10.8. The number of anilines is 1. The number of hydrogen-bond acceptors (Lipinski definition) is 4. The van der Waals surface area contributed by atoms with Crippen molar-refractivity contribution in [1.82, 2.24) is 4.90 Å². The molecule has 0 aliphatic carbocycles. The number of methoxy groups -OCH3 is 2. The molecule has 0 radical (unpaired) electrons. The normalized spacial score (nSPS) is 11.4. The topological polar surface area (TPSA) is 67.9 Å². The van der Waals surface area contributed by atoms with Crippen molar-refractivity contribution >= 4 is 17.5 Å². The zero-order chi connectivity index (χ0) is 23.8. The maximum Gasteiger partial charge on any atom is 0.227 e. The van der Waals surface area contributed by atoms with Gasteiger partial charge in [-0.3, -0.25) is 9.59 Å². The third kappa shape index (κ3) is 6.35. The predicted octanol–water partition coefficient (Wildman–Crippen LogP) is 4.99. The number of ether oxygens (including phenoxy) is 2. The number of benzene rings is 3. The molecule has 0 heterocycles. The van der Waals surface area contributed by atoms with Gasteiger partial charge in [-0.05, 0) is 47.9 Å². The van der Waals surface area contributed by atoms with E-state index in [1.54, 1.807) is 14.2 Å². The average molecular weight is 447 g/mol. The monoisotopic (exact) mass is 446 g/mol. The lowest BCUT2D eigenvalue weighted by atomic mass is 10.0. The second kappa shape index (κ2) is 11.2. The van der Waals surface area contributed by atoms with Crippen LogP contribution in [0.5, 0.6) is 11.5 Å². The lowest BCUT2D eigenvalue weighted by Gasteiger charge is -2.30. The average Bonchev–Trinajstić information content (AvgIpc) is 2.82. The highest BCUT2D eigenvalue weighted by Gasteiger charge is 2.23. The Labute approximate surface area is 195 Å². The summed E-state index contributed by atoms with van der Waals surface area (Å²) in [5, 5.41) is 2.81. The van der Waals surface area contributed by atoms with Gasteiger partial charge in [0.2, 0.25) is 11.8 Å². The molecule has 0 fully saturated rings. The fourth-order valence-electron chi connectivity index (χ4n) is 3.75. The van der Waals surface area contributed by atoms with Crippen LogP contribution >= 0.6 is 0 Å². The molecule has 0 saturated heterocycles. The van der Waals surface area contributed by atoms with Crippen LogP contribution < -0.4 is 14.8 Å². The lowest BCUT2D eigenvalue weighted by Crippen LogP contribution is -2.34. The van der Waals surface area contributed by atoms with E-state index >= 15 is 0 Å². The molecule has 1 N–H and O–H groups in total. The van der Waals surface area contributed by atoms with E-state index in [4.69, 9.17) is 9.47 Å². The summed E-state index contributed by atoms with van der Waals surface area (Å²) in [6, 6.07) is 22.8. The van der Waals surface area contributed by atoms with Crippen molar-refractivity contribution < 1.29 is 19.1 Å². The summed E-state index contributed by atoms with van der Waals surface area (Å²) < 4.78 is 10.7. The Morgan fingerprint density at radius 1 is 0.879 bits per heavy atom. The molecule has 1 atom stereocenters. The second-order valence-electron chi connectivity index (χ2n) is 7.86. The maximum atomic E-state index is 13.5. The largest absolute Gasteiger partial charge is 0.493 e. The summed E-state index contributed by atoms with van der Waals surface area (Å²) >= 11 is 0. The third-order valence-corrected chi connectivity index (χ3v) is 5.48. The molecule has 33 heavy (non-hydrogen) atoms. The van der Waals surface area contributed by atoms with Crippen molar-refractivity contribution in [3.8, 4) is 11.5 Å². The molecule has 0 saturated carbocycles. The molecule has 0 aliphatic heterocycles. The van der Waals surface area contributed by atoms with E-state index < -0.39 is 0 Å². The molecule has 0 bridgehead atoms. The first kappa shape index (κ1) is 23.9. The molecule has 1 unspecified atom stereocenters. The molecule has 6 nitrogen and oxygen atoms in total. The molecule has 0 spiro atoms. The van der Waals surface area contributed by atoms with Gasteiger partial charge in [0.05, 0.1) is 26.7 Å². The van der Waals surface area contributed by atoms with E-state index in [-0.39, 0.29) is 24.3 Å². The Morgan fingerprint density at radius 3 is 2.27 bits per heavy atom. The van der Waals surface area contributed by atoms with E-state index in [1.165, 1.54) is 6.92 Å². The molecular formula is C27H30N2O4. The number of carbonyl (C=O) groups excluding carboxylic acids is 2. The van der Waals surface area contributed by atoms with Crippen molar-refractivity contribution in [1.29, 1.82) is 0 Å². The van der Waals surface area contributed by atoms with Gasteiger partial charge in [0, 0.05) is 19.2 Å². The van der Waals surface area contributed by atoms with Gasteiger partial charge in [0.15, 0.2) is 11.5 Å². The van der Waals surface area contributed by atoms with Crippen LogP contribution in [-0.2, 0) is 22.6 Å². The Kier molecular flexibility index (Phi) is 8.08. The minimum Gasteiger partial charge on any atom is -0.493 e. The van der Waals surface area contributed by atoms with Gasteiger partial charge >= 0.3 is 0 Å². The van der Waals surface area contributed by atoms with Crippen molar-refractivity contribution in [3.63, 3.8) is 0 Å². The van der Waals surface area contributed by atoms with Crippen LogP contribution in [-0.4, -0.2) is 30.9 Å². The molecule has 0 aliphatic rings. The minimum atomic E-state index is -0.202. The van der Waals surface area contributed by atoms with Gasteiger partial charge in [-0.25, -0.2) is 0 Å². The van der Waals surface area contributed by atoms with Gasteiger partial charge in [-0.2, -0.15) is 0 Å². The number of carbonyl (C=O) groups is 2. The second-order valence-corrected chi connectivity index (χ2v) is 7.86. The molecule has 0 aromatic heterocycles. The van der Waals surface area contributed by atoms with Crippen molar-refractivity contribution in [2.75, 3.05) is 19.5 Å². The predicted molar refractivity (Wildman–Crippen MR) is 129 cm³/mol. The third-order valence-electron chi connectivity index (χ3n) is 5.48. The first-order chi connectivity index (χ1) is 15.9. The SMILES string of the molecule is COc1ccc(CC(=O)N(Cc2ccccc2)C(C)c2cccc(NC(C)=O)c2)cc1OC. The Bertz CT molecular complexity index is 1100. The van der Waals surface area contributed by atoms with Crippen LogP contribution in [0.2, 0.25) is 0 Å². The number of amides is 2. The fraction of sp³-hybridized carbons (Fsp3) is 0.259. The number of nitrogens with zero attached hydrogens (tertiary/aromatic N) is 1. The molecule has 3 aromatic carbocycles. The minimum absolute atomic E-state index is 0.0106. The highest BCUT2D eigenvalue weighted by Crippen LogP contribution is 2.29. The van der Waals surface area contributed by atoms with Crippen molar-refractivity contribution in [3.05, 3.63) is 89.5 Å². The van der Waals surface area contributed by atoms with Crippen LogP contribution in [0.1, 0.15) is 36.6 Å². The van der Waals surface area contributed by atoms with Gasteiger partial charge in [0.1, 0.15) is 0 Å². The van der Waals surface area contributed by atoms with E-state index in [0.717, 1.165) is 16.7 Å². The standard InChI is InChI=1S/C27H30N2O4/c1-19(23-11-8-12-24(17-23)28-20(2)30)29(18-21-9-6-5-7-10-21)27(31)16-22-13-14-25(32-3)26(15-22)33-4/h5-15,17,19H,16,18H2,1-4H3,(H,28,30). The number of rotatable bonds is 9. The van der Waals surface area contributed by atoms with Crippen molar-refractivity contribution in [2.24, 2.45) is 0 Å². The van der Waals surface area contributed by atoms with Crippen LogP contribution in [0.15, 0.2) is 72.8 Å². The van der Waals surface area contributed by atoms with E-state index in [0.29, 0.717) is 23.7 Å². The number of nitrogens with one attached hydrogen (secondary N) is 1. The highest BCUT2D eigenvalue weighted by molar-refractivity contribution is 5.88. The van der Waals surface area contributed by atoms with E-state index in [2.05, 4.69) is 5.32 Å². The first-order valence-corrected chi connectivity index (χ1v) is 10.8. The molecular weight excluding hydrogens is 416 g/mol. The van der Waals surface area contributed by atoms with Crippen LogP contribution in [0.25, 0.3) is 0 Å². The Balaban J connectivity index is 1.89. The zero-order valence-corrected chi connectivity index (χ0v) is 19.5. The van der Waals surface area contributed by atoms with E-state index in [1.807, 2.05) is 84.6 Å². The molecule has 6 heteroatoms. The Morgan fingerprint density at radius 2 is 1.61 bits per heavy atom. The summed E-state index contributed by atoms with van der Waals surface area (Å²) in [5.41, 5.74) is 3.54. The summed E-state index contributed by atoms with van der Waals surface area (Å²) in [7, 11) is 3.16. The molecule has 2 amide bonds. The van der Waals surface area contributed by atoms with Crippen LogP contribution in [0.3, 0.4) is 0 Å². The lowest BCUT2D eigenvalue weighted by molar-refractivity contribution is -0.133. The summed E-state index contributed by atoms with van der Waals surface area (Å²) in [4.78, 5) is 26.9. The maximum absolute atomic E-state index is 13.5. The summed E-state index contributed by atoms with van der Waals surface area (Å²) in [6.07, 6.45) is 0.225. The summed E-state index contributed by atoms with van der Waals surface area (Å²) in [5.74, 6) is 1.07. The van der Waals surface area contributed by atoms with Crippen molar-refractivity contribution in [2.45, 2.75) is 32.9 Å². The smallest absolute Gasteiger partial charge is 0.227 e. The quantitative estimate of drug-likeness (QED) is 0.503. The Hall–Kier alpha value is -3.80. The molecule has 172 valence electrons. The van der Waals surface area contributed by atoms with Gasteiger partial charge in [0.25, 0.3) is 0 Å². The van der Waals surface area contributed by atoms with Gasteiger partial charge in [-0.15, -0.1) is 0 Å². The van der Waals surface area contributed by atoms with Crippen LogP contribution in [0, 0.1) is 0 Å². The number of hydrogen-bond donors (Lipinski definition) is 1. The molecule has 3 rings (SSSR count). The van der Waals surface area contributed by atoms with Gasteiger partial charge < -0.3 is 19.7 Å². The fourth-order valence-corrected chi connectivity index (χ4v) is 3.75. The van der Waals surface area contributed by atoms with E-state index in [9.17, 15) is 9.59 Å². The summed E-state index contributed by atoms with van der Waals surface area (Å²) in [6.45, 7) is 3.95. The van der Waals surface area contributed by atoms with Gasteiger partial charge in [-0.1, -0.05) is 48.5 Å². The zero-order valence-electron chi connectivity index (χ0n) is 19.5. The van der Waals surface area contributed by atoms with Crippen LogP contribution in [0.4, 0.5) is 5.69 Å². The highest BCUT2D eigenvalue weighted by atomic mass is 16.5.